The Balaban J connectivity index is 1.48. The molecule has 1 aliphatic carbocycles. The van der Waals surface area contributed by atoms with Gasteiger partial charge in [0.1, 0.15) is 11.6 Å². The van der Waals surface area contributed by atoms with Gasteiger partial charge in [-0.05, 0) is 37.9 Å². The van der Waals surface area contributed by atoms with Crippen LogP contribution in [-0.2, 0) is 20.1 Å². The van der Waals surface area contributed by atoms with Gasteiger partial charge in [-0.15, -0.1) is 20.4 Å². The molecule has 1 fully saturated rings. The number of halogens is 1. The third-order valence-corrected chi connectivity index (χ3v) is 5.11. The summed E-state index contributed by atoms with van der Waals surface area (Å²) in [5, 5.41) is 17.7. The smallest absolute Gasteiger partial charge is 0.249 e. The van der Waals surface area contributed by atoms with E-state index < -0.39 is 0 Å². The summed E-state index contributed by atoms with van der Waals surface area (Å²) in [5.41, 5.74) is 0.752. The first-order valence-electron chi connectivity index (χ1n) is 9.33. The van der Waals surface area contributed by atoms with Gasteiger partial charge in [-0.25, -0.2) is 0 Å². The van der Waals surface area contributed by atoms with Gasteiger partial charge in [0, 0.05) is 13.0 Å². The Labute approximate surface area is 163 Å². The average molecular weight is 387 g/mol. The molecule has 0 atom stereocenters. The third-order valence-electron chi connectivity index (χ3n) is 4.78. The average Bonchev–Trinajstić information content (AvgIpc) is 3.29. The molecule has 7 nitrogen and oxygen atoms in total. The van der Waals surface area contributed by atoms with Gasteiger partial charge in [0.05, 0.1) is 23.7 Å². The molecule has 1 aliphatic rings. The minimum atomic E-state index is 0.446. The zero-order valence-corrected chi connectivity index (χ0v) is 16.4. The fourth-order valence-electron chi connectivity index (χ4n) is 3.19. The Morgan fingerprint density at radius 1 is 1.15 bits per heavy atom. The predicted octanol–water partition coefficient (Wildman–Crippen LogP) is 3.81. The summed E-state index contributed by atoms with van der Waals surface area (Å²) >= 11 is 6.22. The molecule has 1 saturated carbocycles. The quantitative estimate of drug-likeness (QED) is 0.586. The maximum absolute atomic E-state index is 6.22. The highest BCUT2D eigenvalue weighted by Crippen LogP contribution is 2.38. The summed E-state index contributed by atoms with van der Waals surface area (Å²) < 4.78 is 7.99. The van der Waals surface area contributed by atoms with E-state index in [1.165, 1.54) is 12.8 Å². The van der Waals surface area contributed by atoms with E-state index in [1.54, 1.807) is 0 Å². The van der Waals surface area contributed by atoms with Crippen LogP contribution in [0.2, 0.25) is 5.02 Å². The molecular formula is C19H23ClN6O. The van der Waals surface area contributed by atoms with Gasteiger partial charge < -0.3 is 8.98 Å². The van der Waals surface area contributed by atoms with E-state index in [4.69, 9.17) is 16.0 Å². The molecule has 1 aromatic carbocycles. The predicted molar refractivity (Wildman–Crippen MR) is 102 cm³/mol. The van der Waals surface area contributed by atoms with E-state index in [0.717, 1.165) is 30.2 Å². The Hall–Kier alpha value is -2.25. The molecule has 0 aliphatic heterocycles. The minimum Gasteiger partial charge on any atom is -0.419 e. The van der Waals surface area contributed by atoms with Crippen LogP contribution in [-0.4, -0.2) is 36.4 Å². The fourth-order valence-corrected chi connectivity index (χ4v) is 3.41. The van der Waals surface area contributed by atoms with Gasteiger partial charge in [0.15, 0.2) is 0 Å². The lowest BCUT2D eigenvalue weighted by atomic mass is 10.2. The molecule has 3 aromatic rings. The number of aromatic nitrogens is 5. The molecule has 2 aromatic heterocycles. The van der Waals surface area contributed by atoms with E-state index >= 15 is 0 Å². The Morgan fingerprint density at radius 3 is 2.70 bits per heavy atom. The number of nitrogens with zero attached hydrogens (tertiary/aromatic N) is 6. The van der Waals surface area contributed by atoms with Crippen molar-refractivity contribution >= 4 is 11.6 Å². The topological polar surface area (TPSA) is 72.9 Å². The van der Waals surface area contributed by atoms with E-state index in [0.29, 0.717) is 35.8 Å². The maximum atomic E-state index is 6.22. The monoisotopic (exact) mass is 386 g/mol. The summed E-state index contributed by atoms with van der Waals surface area (Å²) in [5.74, 6) is 3.67. The van der Waals surface area contributed by atoms with Gasteiger partial charge in [0.25, 0.3) is 0 Å². The van der Waals surface area contributed by atoms with Crippen molar-refractivity contribution in [1.29, 1.82) is 0 Å². The standard InChI is InChI=1S/C19H23ClN6O/c1-3-10-26(11-16-21-23-18(25(16)2)13-8-9-13)12-17-22-24-19(27-17)14-6-4-5-7-15(14)20/h4-7,13H,3,8-12H2,1-2H3. The van der Waals surface area contributed by atoms with Crippen LogP contribution in [0.4, 0.5) is 0 Å². The molecule has 0 bridgehead atoms. The molecule has 142 valence electrons. The van der Waals surface area contributed by atoms with Crippen molar-refractivity contribution in [2.24, 2.45) is 7.05 Å². The fraction of sp³-hybridized carbons (Fsp3) is 0.474. The lowest BCUT2D eigenvalue weighted by Gasteiger charge is -2.19. The largest absolute Gasteiger partial charge is 0.419 e. The van der Waals surface area contributed by atoms with E-state index in [-0.39, 0.29) is 0 Å². The molecule has 0 radical (unpaired) electrons. The Kier molecular flexibility index (Phi) is 5.22. The van der Waals surface area contributed by atoms with Crippen LogP contribution >= 0.6 is 11.6 Å². The van der Waals surface area contributed by atoms with Crippen molar-refractivity contribution in [2.45, 2.75) is 45.2 Å². The third kappa shape index (κ3) is 4.04. The first-order valence-corrected chi connectivity index (χ1v) is 9.71. The summed E-state index contributed by atoms with van der Waals surface area (Å²) in [6.07, 6.45) is 3.47. The number of hydrogen-bond acceptors (Lipinski definition) is 6. The van der Waals surface area contributed by atoms with Crippen LogP contribution in [0.1, 0.15) is 49.6 Å². The zero-order chi connectivity index (χ0) is 18.8. The Morgan fingerprint density at radius 2 is 1.96 bits per heavy atom. The highest BCUT2D eigenvalue weighted by molar-refractivity contribution is 6.33. The minimum absolute atomic E-state index is 0.446. The van der Waals surface area contributed by atoms with E-state index in [1.807, 2.05) is 24.3 Å². The molecule has 4 rings (SSSR count). The molecule has 2 heterocycles. The first-order chi connectivity index (χ1) is 13.2. The highest BCUT2D eigenvalue weighted by Gasteiger charge is 2.29. The van der Waals surface area contributed by atoms with Crippen LogP contribution in [0.15, 0.2) is 28.7 Å². The molecule has 0 amide bonds. The lowest BCUT2D eigenvalue weighted by molar-refractivity contribution is 0.224. The second-order valence-corrected chi connectivity index (χ2v) is 7.41. The molecule has 8 heteroatoms. The van der Waals surface area contributed by atoms with Crippen molar-refractivity contribution in [3.63, 3.8) is 0 Å². The van der Waals surface area contributed by atoms with Crippen molar-refractivity contribution in [2.75, 3.05) is 6.54 Å². The lowest BCUT2D eigenvalue weighted by Crippen LogP contribution is -2.25. The van der Waals surface area contributed by atoms with E-state index in [2.05, 4.69) is 43.8 Å². The second-order valence-electron chi connectivity index (χ2n) is 7.00. The van der Waals surface area contributed by atoms with Crippen LogP contribution in [0, 0.1) is 0 Å². The molecule has 0 spiro atoms. The normalized spacial score (nSPS) is 14.2. The summed E-state index contributed by atoms with van der Waals surface area (Å²) in [6.45, 7) is 4.34. The van der Waals surface area contributed by atoms with Gasteiger partial charge in [-0.2, -0.15) is 0 Å². The van der Waals surface area contributed by atoms with Gasteiger partial charge >= 0.3 is 0 Å². The van der Waals surface area contributed by atoms with Crippen molar-refractivity contribution in [3.05, 3.63) is 46.8 Å². The molecule has 0 N–H and O–H groups in total. The molecular weight excluding hydrogens is 364 g/mol. The summed E-state index contributed by atoms with van der Waals surface area (Å²) in [6, 6.07) is 7.47. The van der Waals surface area contributed by atoms with Crippen molar-refractivity contribution < 1.29 is 4.42 Å². The number of hydrogen-bond donors (Lipinski definition) is 0. The van der Waals surface area contributed by atoms with Crippen LogP contribution < -0.4 is 0 Å². The van der Waals surface area contributed by atoms with Gasteiger partial charge in [-0.1, -0.05) is 30.7 Å². The molecule has 0 unspecified atom stereocenters. The number of benzene rings is 1. The summed E-state index contributed by atoms with van der Waals surface area (Å²) in [4.78, 5) is 2.25. The van der Waals surface area contributed by atoms with E-state index in [9.17, 15) is 0 Å². The SMILES string of the molecule is CCCN(Cc1nnc(-c2ccccc2Cl)o1)Cc1nnc(C2CC2)n1C. The van der Waals surface area contributed by atoms with Gasteiger partial charge in [-0.3, -0.25) is 4.90 Å². The van der Waals surface area contributed by atoms with Crippen molar-refractivity contribution in [3.8, 4) is 11.5 Å². The summed E-state index contributed by atoms with van der Waals surface area (Å²) in [7, 11) is 2.05. The Bertz CT molecular complexity index is 917. The van der Waals surface area contributed by atoms with Crippen LogP contribution in [0.5, 0.6) is 0 Å². The second kappa shape index (κ2) is 7.78. The molecule has 0 saturated heterocycles. The maximum Gasteiger partial charge on any atom is 0.249 e. The zero-order valence-electron chi connectivity index (χ0n) is 15.6. The first kappa shape index (κ1) is 18.1. The number of rotatable bonds is 8. The highest BCUT2D eigenvalue weighted by atomic mass is 35.5. The molecule has 27 heavy (non-hydrogen) atoms. The van der Waals surface area contributed by atoms with Crippen LogP contribution in [0.3, 0.4) is 0 Å². The van der Waals surface area contributed by atoms with Crippen molar-refractivity contribution in [1.82, 2.24) is 29.9 Å². The van der Waals surface area contributed by atoms with Gasteiger partial charge in [0.2, 0.25) is 11.8 Å². The van der Waals surface area contributed by atoms with Crippen LogP contribution in [0.25, 0.3) is 11.5 Å².